The van der Waals surface area contributed by atoms with E-state index in [2.05, 4.69) is 5.16 Å². The van der Waals surface area contributed by atoms with Gasteiger partial charge in [-0.15, -0.1) is 0 Å². The van der Waals surface area contributed by atoms with Crippen molar-refractivity contribution in [2.45, 2.75) is 6.92 Å². The molecule has 0 unspecified atom stereocenters. The van der Waals surface area contributed by atoms with Crippen molar-refractivity contribution < 1.29 is 9.60 Å². The lowest BCUT2D eigenvalue weighted by Gasteiger charge is -2.04. The van der Waals surface area contributed by atoms with E-state index in [0.29, 0.717) is 5.56 Å². The normalized spacial score (nSPS) is 11.1. The van der Waals surface area contributed by atoms with Crippen molar-refractivity contribution in [3.05, 3.63) is 33.1 Å². The van der Waals surface area contributed by atoms with Crippen molar-refractivity contribution in [3.63, 3.8) is 0 Å². The average molecular weight is 222 g/mol. The molecule has 2 nitrogen and oxygen atoms in total. The lowest BCUT2D eigenvalue weighted by Crippen LogP contribution is -1.92. The molecule has 0 aromatic heterocycles. The van der Waals surface area contributed by atoms with Gasteiger partial charge in [-0.3, -0.25) is 0 Å². The van der Waals surface area contributed by atoms with Crippen LogP contribution in [-0.4, -0.2) is 11.4 Å². The van der Waals surface area contributed by atoms with Crippen molar-refractivity contribution in [1.29, 1.82) is 0 Å². The van der Waals surface area contributed by atoms with Crippen LogP contribution in [0.25, 0.3) is 0 Å². The maximum absolute atomic E-state index is 13.0. The summed E-state index contributed by atoms with van der Waals surface area (Å²) in [5, 5.41) is 11.2. The van der Waals surface area contributed by atoms with Crippen molar-refractivity contribution in [3.8, 4) is 0 Å². The maximum atomic E-state index is 13.0. The Bertz CT molecular complexity index is 339. The van der Waals surface area contributed by atoms with Gasteiger partial charge in [-0.05, 0) is 18.6 Å². The molecule has 70 valence electrons. The van der Waals surface area contributed by atoms with Gasteiger partial charge in [0.05, 0.1) is 16.3 Å². The Kier molecular flexibility index (Phi) is 3.12. The number of aryl methyl sites for hydroxylation is 1. The second kappa shape index (κ2) is 3.94. The molecule has 0 atom stereocenters. The minimum absolute atomic E-state index is 0.145. The molecule has 0 amide bonds. The first-order valence-electron chi connectivity index (χ1n) is 3.39. The van der Waals surface area contributed by atoms with Gasteiger partial charge >= 0.3 is 0 Å². The van der Waals surface area contributed by atoms with Crippen LogP contribution in [0.1, 0.15) is 11.1 Å². The summed E-state index contributed by atoms with van der Waals surface area (Å²) in [6.07, 6.45) is 1.00. The Morgan fingerprint density at radius 3 is 2.62 bits per heavy atom. The Balaban J connectivity index is 3.46. The van der Waals surface area contributed by atoms with Gasteiger partial charge in [0.2, 0.25) is 0 Å². The number of hydrogen-bond donors (Lipinski definition) is 1. The van der Waals surface area contributed by atoms with Crippen molar-refractivity contribution >= 4 is 29.4 Å². The van der Waals surface area contributed by atoms with Gasteiger partial charge in [0.25, 0.3) is 0 Å². The number of hydrogen-bond acceptors (Lipinski definition) is 2. The van der Waals surface area contributed by atoms with Crippen LogP contribution < -0.4 is 0 Å². The molecular weight excluding hydrogens is 216 g/mol. The Morgan fingerprint density at radius 2 is 2.08 bits per heavy atom. The van der Waals surface area contributed by atoms with Crippen LogP contribution in [0.15, 0.2) is 11.2 Å². The predicted molar refractivity (Wildman–Crippen MR) is 50.5 cm³/mol. The minimum Gasteiger partial charge on any atom is -0.411 e. The van der Waals surface area contributed by atoms with E-state index >= 15 is 0 Å². The van der Waals surface area contributed by atoms with Crippen LogP contribution in [0.3, 0.4) is 0 Å². The van der Waals surface area contributed by atoms with E-state index in [1.807, 2.05) is 0 Å². The molecule has 0 fully saturated rings. The highest BCUT2D eigenvalue weighted by molar-refractivity contribution is 6.39. The molecule has 0 aliphatic rings. The molecule has 0 spiro atoms. The van der Waals surface area contributed by atoms with E-state index in [9.17, 15) is 4.39 Å². The fourth-order valence-electron chi connectivity index (χ4n) is 0.925. The van der Waals surface area contributed by atoms with Crippen LogP contribution in [0.5, 0.6) is 0 Å². The quantitative estimate of drug-likeness (QED) is 0.336. The summed E-state index contributed by atoms with van der Waals surface area (Å²) in [5.74, 6) is -0.585. The summed E-state index contributed by atoms with van der Waals surface area (Å²) in [6.45, 7) is 1.64. The Labute approximate surface area is 84.6 Å². The molecule has 0 saturated heterocycles. The topological polar surface area (TPSA) is 32.6 Å². The highest BCUT2D eigenvalue weighted by Gasteiger charge is 2.11. The van der Waals surface area contributed by atoms with Crippen LogP contribution >= 0.6 is 23.2 Å². The number of oxime groups is 1. The van der Waals surface area contributed by atoms with E-state index in [4.69, 9.17) is 28.4 Å². The van der Waals surface area contributed by atoms with Crippen LogP contribution in [0.2, 0.25) is 10.0 Å². The van der Waals surface area contributed by atoms with Crippen molar-refractivity contribution in [1.82, 2.24) is 0 Å². The van der Waals surface area contributed by atoms with Crippen LogP contribution in [0.4, 0.5) is 4.39 Å². The van der Waals surface area contributed by atoms with Crippen LogP contribution in [-0.2, 0) is 0 Å². The highest BCUT2D eigenvalue weighted by Crippen LogP contribution is 2.28. The molecule has 0 saturated carbocycles. The molecular formula is C8H6Cl2FNO. The van der Waals surface area contributed by atoms with Gasteiger partial charge in [-0.1, -0.05) is 28.4 Å². The van der Waals surface area contributed by atoms with Gasteiger partial charge in [-0.25, -0.2) is 4.39 Å². The third-order valence-corrected chi connectivity index (χ3v) is 2.44. The van der Waals surface area contributed by atoms with Gasteiger partial charge in [-0.2, -0.15) is 0 Å². The smallest absolute Gasteiger partial charge is 0.142 e. The zero-order chi connectivity index (χ0) is 10.0. The summed E-state index contributed by atoms with van der Waals surface area (Å²) in [6, 6.07) is 1.22. The summed E-state index contributed by atoms with van der Waals surface area (Å²) in [7, 11) is 0. The largest absolute Gasteiger partial charge is 0.411 e. The van der Waals surface area contributed by atoms with E-state index in [-0.39, 0.29) is 15.6 Å². The van der Waals surface area contributed by atoms with Gasteiger partial charge in [0.15, 0.2) is 0 Å². The minimum atomic E-state index is -0.585. The SMILES string of the molecule is Cc1cc(F)c(Cl)c(/C=N/O)c1Cl. The van der Waals surface area contributed by atoms with Crippen LogP contribution in [0, 0.1) is 12.7 Å². The first-order valence-corrected chi connectivity index (χ1v) is 4.15. The third-order valence-electron chi connectivity index (χ3n) is 1.56. The van der Waals surface area contributed by atoms with E-state index in [1.165, 1.54) is 6.07 Å². The number of rotatable bonds is 1. The summed E-state index contributed by atoms with van der Waals surface area (Å²) >= 11 is 11.4. The van der Waals surface area contributed by atoms with E-state index < -0.39 is 5.82 Å². The molecule has 13 heavy (non-hydrogen) atoms. The lowest BCUT2D eigenvalue weighted by molar-refractivity contribution is 0.322. The molecule has 0 radical (unpaired) electrons. The molecule has 0 heterocycles. The number of nitrogens with zero attached hydrogens (tertiary/aromatic N) is 1. The molecule has 0 aliphatic carbocycles. The molecule has 1 aromatic carbocycles. The van der Waals surface area contributed by atoms with Gasteiger partial charge in [0, 0.05) is 5.56 Å². The second-order valence-corrected chi connectivity index (χ2v) is 3.22. The Morgan fingerprint density at radius 1 is 1.46 bits per heavy atom. The fourth-order valence-corrected chi connectivity index (χ4v) is 1.37. The standard InChI is InChI=1S/C8H6Cl2FNO/c1-4-2-6(11)8(10)5(3-12-13)7(4)9/h2-3,13H,1H3/b12-3+. The predicted octanol–water partition coefficient (Wildman–Crippen LogP) is 3.25. The summed E-state index contributed by atoms with van der Waals surface area (Å²) < 4.78 is 13.0. The zero-order valence-electron chi connectivity index (χ0n) is 6.68. The molecule has 1 rings (SSSR count). The molecule has 5 heteroatoms. The number of benzene rings is 1. The average Bonchev–Trinajstić information content (AvgIpc) is 2.09. The van der Waals surface area contributed by atoms with E-state index in [1.54, 1.807) is 6.92 Å². The highest BCUT2D eigenvalue weighted by atomic mass is 35.5. The monoisotopic (exact) mass is 221 g/mol. The molecule has 1 aromatic rings. The molecule has 0 aliphatic heterocycles. The number of halogens is 3. The van der Waals surface area contributed by atoms with Gasteiger partial charge < -0.3 is 5.21 Å². The summed E-state index contributed by atoms with van der Waals surface area (Å²) in [5.41, 5.74) is 0.724. The fraction of sp³-hybridized carbons (Fsp3) is 0.125. The maximum Gasteiger partial charge on any atom is 0.142 e. The van der Waals surface area contributed by atoms with Gasteiger partial charge in [0.1, 0.15) is 5.82 Å². The third kappa shape index (κ3) is 1.92. The first-order chi connectivity index (χ1) is 6.07. The second-order valence-electron chi connectivity index (χ2n) is 2.46. The van der Waals surface area contributed by atoms with E-state index in [0.717, 1.165) is 6.21 Å². The van der Waals surface area contributed by atoms with Crippen molar-refractivity contribution in [2.75, 3.05) is 0 Å². The lowest BCUT2D eigenvalue weighted by atomic mass is 10.1. The Hall–Kier alpha value is -0.800. The molecule has 0 bridgehead atoms. The molecule has 1 N–H and O–H groups in total. The van der Waals surface area contributed by atoms with Crippen molar-refractivity contribution in [2.24, 2.45) is 5.16 Å². The zero-order valence-corrected chi connectivity index (χ0v) is 8.19. The summed E-state index contributed by atoms with van der Waals surface area (Å²) in [4.78, 5) is 0. The first kappa shape index (κ1) is 10.3.